The van der Waals surface area contributed by atoms with E-state index in [-0.39, 0.29) is 29.5 Å². The largest absolute Gasteiger partial charge is 0.332 e. The lowest BCUT2D eigenvalue weighted by molar-refractivity contribution is -0.130. The molecule has 0 aromatic heterocycles. The van der Waals surface area contributed by atoms with Gasteiger partial charge in [-0.25, -0.2) is 8.42 Å². The Kier molecular flexibility index (Phi) is 5.76. The molecule has 1 aromatic carbocycles. The zero-order valence-electron chi connectivity index (χ0n) is 13.8. The van der Waals surface area contributed by atoms with Crippen LogP contribution in [-0.2, 0) is 14.6 Å². The van der Waals surface area contributed by atoms with E-state index in [9.17, 15) is 13.2 Å². The second-order valence-electron chi connectivity index (χ2n) is 6.74. The summed E-state index contributed by atoms with van der Waals surface area (Å²) in [4.78, 5) is 14.7. The molecule has 1 aliphatic carbocycles. The molecule has 4 nitrogen and oxygen atoms in total. The van der Waals surface area contributed by atoms with Gasteiger partial charge < -0.3 is 4.90 Å². The van der Waals surface area contributed by atoms with Crippen LogP contribution in [0.15, 0.2) is 24.3 Å². The molecule has 25 heavy (non-hydrogen) atoms. The summed E-state index contributed by atoms with van der Waals surface area (Å²) in [6.45, 7) is 0. The zero-order chi connectivity index (χ0) is 18.0. The van der Waals surface area contributed by atoms with Gasteiger partial charge >= 0.3 is 0 Å². The Labute approximate surface area is 158 Å². The highest BCUT2D eigenvalue weighted by atomic mass is 35.5. The zero-order valence-corrected chi connectivity index (χ0v) is 16.2. The molecule has 1 amide bonds. The maximum atomic E-state index is 12.9. The van der Waals surface area contributed by atoms with E-state index in [4.69, 9.17) is 23.2 Å². The van der Waals surface area contributed by atoms with E-state index in [0.717, 1.165) is 25.7 Å². The van der Waals surface area contributed by atoms with E-state index >= 15 is 0 Å². The monoisotopic (exact) mass is 401 g/mol. The van der Waals surface area contributed by atoms with Gasteiger partial charge in [0.1, 0.15) is 0 Å². The van der Waals surface area contributed by atoms with Crippen molar-refractivity contribution in [2.45, 2.75) is 44.2 Å². The summed E-state index contributed by atoms with van der Waals surface area (Å²) in [5, 5.41) is 1.07. The van der Waals surface area contributed by atoms with Gasteiger partial charge in [0.25, 0.3) is 0 Å². The van der Waals surface area contributed by atoms with Gasteiger partial charge in [0.2, 0.25) is 5.91 Å². The average Bonchev–Trinajstić information content (AvgIpc) is 3.19. The fourth-order valence-corrected chi connectivity index (χ4v) is 5.80. The van der Waals surface area contributed by atoms with E-state index in [0.29, 0.717) is 22.0 Å². The van der Waals surface area contributed by atoms with E-state index < -0.39 is 9.84 Å². The van der Waals surface area contributed by atoms with E-state index in [1.165, 1.54) is 6.08 Å². The lowest BCUT2D eigenvalue weighted by Gasteiger charge is -2.33. The molecule has 1 saturated heterocycles. The number of carbonyl (C=O) groups is 1. The van der Waals surface area contributed by atoms with Crippen LogP contribution < -0.4 is 0 Å². The van der Waals surface area contributed by atoms with Crippen molar-refractivity contribution < 1.29 is 13.2 Å². The molecule has 7 heteroatoms. The van der Waals surface area contributed by atoms with Crippen molar-refractivity contribution in [3.05, 3.63) is 39.9 Å². The van der Waals surface area contributed by atoms with Crippen LogP contribution >= 0.6 is 23.2 Å². The van der Waals surface area contributed by atoms with Crippen molar-refractivity contribution in [1.82, 2.24) is 4.90 Å². The molecule has 0 spiro atoms. The van der Waals surface area contributed by atoms with Crippen LogP contribution in [0.4, 0.5) is 0 Å². The molecule has 1 unspecified atom stereocenters. The Morgan fingerprint density at radius 1 is 1.12 bits per heavy atom. The standard InChI is InChI=1S/C18H21Cl2NO3S/c19-14-6-7-17(20)13(11-14)5-8-18(22)21(15-3-1-2-4-15)16-9-10-25(23,24)12-16/h5-8,11,15-16H,1-4,9-10,12H2/b8-5+. The van der Waals surface area contributed by atoms with Crippen LogP contribution in [0.5, 0.6) is 0 Å². The molecule has 0 N–H and O–H groups in total. The second-order valence-corrected chi connectivity index (χ2v) is 9.81. The fraction of sp³-hybridized carbons (Fsp3) is 0.500. The first-order valence-corrected chi connectivity index (χ1v) is 11.1. The smallest absolute Gasteiger partial charge is 0.247 e. The van der Waals surface area contributed by atoms with Gasteiger partial charge in [-0.15, -0.1) is 0 Å². The minimum Gasteiger partial charge on any atom is -0.332 e. The lowest BCUT2D eigenvalue weighted by atomic mass is 10.1. The Morgan fingerprint density at radius 2 is 1.84 bits per heavy atom. The number of nitrogens with zero attached hydrogens (tertiary/aromatic N) is 1. The Morgan fingerprint density at radius 3 is 2.48 bits per heavy atom. The van der Waals surface area contributed by atoms with E-state index in [1.807, 2.05) is 0 Å². The SMILES string of the molecule is O=C(/C=C/c1cc(Cl)ccc1Cl)N(C1CCCC1)C1CCS(=O)(=O)C1. The normalized spacial score (nSPS) is 23.4. The quantitative estimate of drug-likeness (QED) is 0.717. The molecule has 0 bridgehead atoms. The van der Waals surface area contributed by atoms with Gasteiger partial charge in [0.15, 0.2) is 9.84 Å². The predicted octanol–water partition coefficient (Wildman–Crippen LogP) is 3.96. The van der Waals surface area contributed by atoms with Crippen LogP contribution in [0.25, 0.3) is 6.08 Å². The van der Waals surface area contributed by atoms with Crippen LogP contribution in [-0.4, -0.2) is 42.8 Å². The van der Waals surface area contributed by atoms with E-state index in [1.54, 1.807) is 29.2 Å². The van der Waals surface area contributed by atoms with Crippen molar-refractivity contribution in [3.63, 3.8) is 0 Å². The van der Waals surface area contributed by atoms with E-state index in [2.05, 4.69) is 0 Å². The first-order chi connectivity index (χ1) is 11.9. The maximum absolute atomic E-state index is 12.9. The molecule has 1 heterocycles. The van der Waals surface area contributed by atoms with Gasteiger partial charge in [0.05, 0.1) is 11.5 Å². The number of benzene rings is 1. The van der Waals surface area contributed by atoms with Gasteiger partial charge in [0, 0.05) is 28.2 Å². The molecule has 136 valence electrons. The van der Waals surface area contributed by atoms with Gasteiger partial charge in [-0.2, -0.15) is 0 Å². The Bertz CT molecular complexity index is 786. The molecule has 1 saturated carbocycles. The predicted molar refractivity (Wildman–Crippen MR) is 102 cm³/mol. The highest BCUT2D eigenvalue weighted by molar-refractivity contribution is 7.91. The number of hydrogen-bond donors (Lipinski definition) is 0. The van der Waals surface area contributed by atoms with Crippen LogP contribution in [0, 0.1) is 0 Å². The molecular formula is C18H21Cl2NO3S. The van der Waals surface area contributed by atoms with Gasteiger partial charge in [-0.05, 0) is 49.1 Å². The minimum absolute atomic E-state index is 0.0704. The number of hydrogen-bond acceptors (Lipinski definition) is 3. The summed E-state index contributed by atoms with van der Waals surface area (Å²) >= 11 is 12.1. The van der Waals surface area contributed by atoms with Crippen LogP contribution in [0.2, 0.25) is 10.0 Å². The topological polar surface area (TPSA) is 54.5 Å². The summed E-state index contributed by atoms with van der Waals surface area (Å²) < 4.78 is 23.7. The van der Waals surface area contributed by atoms with Crippen molar-refractivity contribution >= 4 is 45.0 Å². The molecule has 1 aromatic rings. The third-order valence-electron chi connectivity index (χ3n) is 4.94. The maximum Gasteiger partial charge on any atom is 0.247 e. The van der Waals surface area contributed by atoms with Crippen LogP contribution in [0.1, 0.15) is 37.7 Å². The lowest BCUT2D eigenvalue weighted by Crippen LogP contribution is -2.46. The third kappa shape index (κ3) is 4.57. The molecule has 1 atom stereocenters. The van der Waals surface area contributed by atoms with Crippen LogP contribution in [0.3, 0.4) is 0 Å². The van der Waals surface area contributed by atoms with Crippen molar-refractivity contribution in [2.24, 2.45) is 0 Å². The van der Waals surface area contributed by atoms with Gasteiger partial charge in [-0.1, -0.05) is 36.0 Å². The first-order valence-electron chi connectivity index (χ1n) is 8.51. The summed E-state index contributed by atoms with van der Waals surface area (Å²) in [5.41, 5.74) is 0.674. The summed E-state index contributed by atoms with van der Waals surface area (Å²) in [5.74, 6) is 0.0870. The summed E-state index contributed by atoms with van der Waals surface area (Å²) in [7, 11) is -3.04. The van der Waals surface area contributed by atoms with Gasteiger partial charge in [-0.3, -0.25) is 4.79 Å². The summed E-state index contributed by atoms with van der Waals surface area (Å²) in [6, 6.07) is 4.99. The van der Waals surface area contributed by atoms with Crippen molar-refractivity contribution in [2.75, 3.05) is 11.5 Å². The summed E-state index contributed by atoms with van der Waals surface area (Å²) in [6.07, 6.45) is 7.71. The number of sulfone groups is 1. The number of halogens is 2. The number of rotatable bonds is 4. The number of amides is 1. The average molecular weight is 402 g/mol. The minimum atomic E-state index is -3.04. The molecular weight excluding hydrogens is 381 g/mol. The molecule has 0 radical (unpaired) electrons. The molecule has 2 fully saturated rings. The molecule has 3 rings (SSSR count). The molecule has 1 aliphatic heterocycles. The Balaban J connectivity index is 1.81. The number of carbonyl (C=O) groups excluding carboxylic acids is 1. The third-order valence-corrected chi connectivity index (χ3v) is 7.27. The Hall–Kier alpha value is -1.04. The van der Waals surface area contributed by atoms with Crippen molar-refractivity contribution in [1.29, 1.82) is 0 Å². The first kappa shape index (κ1) is 18.7. The molecule has 2 aliphatic rings. The van der Waals surface area contributed by atoms with Crippen molar-refractivity contribution in [3.8, 4) is 0 Å². The second kappa shape index (κ2) is 7.68. The fourth-order valence-electron chi connectivity index (χ4n) is 3.72. The highest BCUT2D eigenvalue weighted by Crippen LogP contribution is 2.30. The highest BCUT2D eigenvalue weighted by Gasteiger charge is 2.38.